The molecule has 7 nitrogen and oxygen atoms in total. The first-order valence-electron chi connectivity index (χ1n) is 10.1. The SMILES string of the molecule is CC(C)CC[C@@]1(C)NC(=O)N(CC(=O)c2ccc(NC(=O)CC(C)C)cc2)C1=O. The first kappa shape index (κ1) is 22.6. The van der Waals surface area contributed by atoms with Crippen molar-refractivity contribution in [3.8, 4) is 0 Å². The van der Waals surface area contributed by atoms with Crippen LogP contribution in [0.1, 0.15) is 64.2 Å². The van der Waals surface area contributed by atoms with Crippen LogP contribution < -0.4 is 10.6 Å². The molecule has 0 bridgehead atoms. The number of nitrogens with zero attached hydrogens (tertiary/aromatic N) is 1. The summed E-state index contributed by atoms with van der Waals surface area (Å²) in [6.07, 6.45) is 1.75. The number of anilines is 1. The number of ketones is 1. The second-order valence-corrected chi connectivity index (χ2v) is 8.73. The number of carbonyl (C=O) groups is 4. The molecule has 1 saturated heterocycles. The van der Waals surface area contributed by atoms with Crippen molar-refractivity contribution < 1.29 is 19.2 Å². The van der Waals surface area contributed by atoms with Crippen LogP contribution in [-0.2, 0) is 9.59 Å². The van der Waals surface area contributed by atoms with Gasteiger partial charge in [-0.2, -0.15) is 0 Å². The Balaban J connectivity index is 2.00. The van der Waals surface area contributed by atoms with Crippen LogP contribution in [0.3, 0.4) is 0 Å². The Bertz CT molecular complexity index is 786. The van der Waals surface area contributed by atoms with Crippen molar-refractivity contribution in [2.24, 2.45) is 11.8 Å². The first-order chi connectivity index (χ1) is 13.5. The van der Waals surface area contributed by atoms with Gasteiger partial charge in [0.1, 0.15) is 5.54 Å². The minimum Gasteiger partial charge on any atom is -0.326 e. The summed E-state index contributed by atoms with van der Waals surface area (Å²) in [5.41, 5.74) is 0.0123. The van der Waals surface area contributed by atoms with E-state index in [2.05, 4.69) is 24.5 Å². The van der Waals surface area contributed by atoms with E-state index < -0.39 is 11.6 Å². The number of amides is 4. The van der Waals surface area contributed by atoms with Crippen LogP contribution >= 0.6 is 0 Å². The lowest BCUT2D eigenvalue weighted by molar-refractivity contribution is -0.130. The van der Waals surface area contributed by atoms with E-state index >= 15 is 0 Å². The average molecular weight is 402 g/mol. The maximum atomic E-state index is 12.7. The number of nitrogens with one attached hydrogen (secondary N) is 2. The first-order valence-corrected chi connectivity index (χ1v) is 10.1. The van der Waals surface area contributed by atoms with E-state index in [1.807, 2.05) is 13.8 Å². The largest absolute Gasteiger partial charge is 0.326 e. The van der Waals surface area contributed by atoms with Gasteiger partial charge < -0.3 is 10.6 Å². The summed E-state index contributed by atoms with van der Waals surface area (Å²) in [5.74, 6) is -0.118. The minimum absolute atomic E-state index is 0.0842. The fourth-order valence-corrected chi connectivity index (χ4v) is 3.19. The number of carbonyl (C=O) groups excluding carboxylic acids is 4. The van der Waals surface area contributed by atoms with E-state index in [1.54, 1.807) is 31.2 Å². The smallest absolute Gasteiger partial charge is 0.325 e. The van der Waals surface area contributed by atoms with Gasteiger partial charge in [0, 0.05) is 17.7 Å². The molecule has 1 aliphatic rings. The van der Waals surface area contributed by atoms with Gasteiger partial charge in [-0.05, 0) is 55.9 Å². The van der Waals surface area contributed by atoms with Crippen molar-refractivity contribution in [3.63, 3.8) is 0 Å². The molecule has 1 aliphatic heterocycles. The number of hydrogen-bond donors (Lipinski definition) is 2. The second kappa shape index (κ2) is 9.20. The van der Waals surface area contributed by atoms with Crippen molar-refractivity contribution in [1.29, 1.82) is 0 Å². The van der Waals surface area contributed by atoms with E-state index in [-0.39, 0.29) is 30.1 Å². The number of benzene rings is 1. The molecule has 1 fully saturated rings. The summed E-state index contributed by atoms with van der Waals surface area (Å²) in [5, 5.41) is 5.51. The Morgan fingerprint density at radius 2 is 1.69 bits per heavy atom. The molecule has 0 aliphatic carbocycles. The van der Waals surface area contributed by atoms with Gasteiger partial charge in [0.25, 0.3) is 5.91 Å². The zero-order valence-electron chi connectivity index (χ0n) is 17.9. The molecular weight excluding hydrogens is 370 g/mol. The van der Waals surface area contributed by atoms with Crippen molar-refractivity contribution >= 4 is 29.3 Å². The van der Waals surface area contributed by atoms with Crippen LogP contribution in [0.15, 0.2) is 24.3 Å². The van der Waals surface area contributed by atoms with Crippen molar-refractivity contribution in [3.05, 3.63) is 29.8 Å². The normalized spacial score (nSPS) is 19.1. The minimum atomic E-state index is -0.966. The molecule has 0 aromatic heterocycles. The fraction of sp³-hybridized carbons (Fsp3) is 0.545. The highest BCUT2D eigenvalue weighted by Crippen LogP contribution is 2.25. The maximum absolute atomic E-state index is 12.7. The third-order valence-corrected chi connectivity index (χ3v) is 4.95. The molecule has 4 amide bonds. The van der Waals surface area contributed by atoms with E-state index in [0.717, 1.165) is 11.3 Å². The Kier molecular flexibility index (Phi) is 7.16. The van der Waals surface area contributed by atoms with Gasteiger partial charge in [-0.1, -0.05) is 27.7 Å². The van der Waals surface area contributed by atoms with Gasteiger partial charge in [0.05, 0.1) is 6.54 Å². The Morgan fingerprint density at radius 3 is 2.24 bits per heavy atom. The Hall–Kier alpha value is -2.70. The highest BCUT2D eigenvalue weighted by Gasteiger charge is 2.47. The van der Waals surface area contributed by atoms with E-state index in [9.17, 15) is 19.2 Å². The van der Waals surface area contributed by atoms with Crippen LogP contribution in [0.4, 0.5) is 10.5 Å². The van der Waals surface area contributed by atoms with Crippen molar-refractivity contribution in [2.45, 2.75) is 59.4 Å². The van der Waals surface area contributed by atoms with E-state index in [4.69, 9.17) is 0 Å². The molecule has 29 heavy (non-hydrogen) atoms. The molecular formula is C22H31N3O4. The highest BCUT2D eigenvalue weighted by atomic mass is 16.2. The number of Topliss-reactive ketones (excluding diaryl/α,β-unsaturated/α-hetero) is 1. The van der Waals surface area contributed by atoms with Gasteiger partial charge >= 0.3 is 6.03 Å². The zero-order chi connectivity index (χ0) is 21.8. The number of rotatable bonds is 9. The van der Waals surface area contributed by atoms with Crippen LogP contribution in [0.2, 0.25) is 0 Å². The van der Waals surface area contributed by atoms with Crippen molar-refractivity contribution in [2.75, 3.05) is 11.9 Å². The van der Waals surface area contributed by atoms with Crippen LogP contribution in [0.5, 0.6) is 0 Å². The molecule has 0 radical (unpaired) electrons. The lowest BCUT2D eigenvalue weighted by Gasteiger charge is -2.22. The Morgan fingerprint density at radius 1 is 1.07 bits per heavy atom. The highest BCUT2D eigenvalue weighted by molar-refractivity contribution is 6.11. The third kappa shape index (κ3) is 5.89. The molecule has 1 heterocycles. The van der Waals surface area contributed by atoms with E-state index in [1.165, 1.54) is 0 Å². The monoisotopic (exact) mass is 401 g/mol. The molecule has 158 valence electrons. The van der Waals surface area contributed by atoms with Gasteiger partial charge in [0.2, 0.25) is 5.91 Å². The molecule has 2 rings (SSSR count). The predicted octanol–water partition coefficient (Wildman–Crippen LogP) is 3.60. The van der Waals surface area contributed by atoms with E-state index in [0.29, 0.717) is 30.0 Å². The lowest BCUT2D eigenvalue weighted by atomic mass is 9.92. The number of hydrogen-bond acceptors (Lipinski definition) is 4. The summed E-state index contributed by atoms with van der Waals surface area (Å²) in [6.45, 7) is 9.44. The van der Waals surface area contributed by atoms with Crippen LogP contribution in [0, 0.1) is 11.8 Å². The van der Waals surface area contributed by atoms with Crippen LogP contribution in [0.25, 0.3) is 0 Å². The molecule has 0 saturated carbocycles. The lowest BCUT2D eigenvalue weighted by Crippen LogP contribution is -2.44. The molecule has 0 unspecified atom stereocenters. The molecule has 1 aromatic rings. The molecule has 1 atom stereocenters. The van der Waals surface area contributed by atoms with Gasteiger partial charge in [-0.25, -0.2) is 4.79 Å². The summed E-state index contributed by atoms with van der Waals surface area (Å²) >= 11 is 0. The predicted molar refractivity (Wildman–Crippen MR) is 112 cm³/mol. The summed E-state index contributed by atoms with van der Waals surface area (Å²) in [4.78, 5) is 50.4. The average Bonchev–Trinajstić information content (AvgIpc) is 2.83. The third-order valence-electron chi connectivity index (χ3n) is 4.95. The molecule has 0 spiro atoms. The number of urea groups is 1. The van der Waals surface area contributed by atoms with Gasteiger partial charge in [-0.15, -0.1) is 0 Å². The van der Waals surface area contributed by atoms with Crippen LogP contribution in [-0.4, -0.2) is 40.6 Å². The fourth-order valence-electron chi connectivity index (χ4n) is 3.19. The van der Waals surface area contributed by atoms with Gasteiger partial charge in [-0.3, -0.25) is 19.3 Å². The summed E-state index contributed by atoms with van der Waals surface area (Å²) in [7, 11) is 0. The summed E-state index contributed by atoms with van der Waals surface area (Å²) in [6, 6.07) is 5.92. The maximum Gasteiger partial charge on any atom is 0.325 e. The quantitative estimate of drug-likeness (QED) is 0.488. The zero-order valence-corrected chi connectivity index (χ0v) is 17.9. The Labute approximate surface area is 172 Å². The standard InChI is InChI=1S/C22H31N3O4/c1-14(2)10-11-22(5)20(28)25(21(29)24-22)13-18(26)16-6-8-17(9-7-16)23-19(27)12-15(3)4/h6-9,14-15H,10-13H2,1-5H3,(H,23,27)(H,24,29)/t22-/m1/s1. The van der Waals surface area contributed by atoms with Gasteiger partial charge in [0.15, 0.2) is 5.78 Å². The second-order valence-electron chi connectivity index (χ2n) is 8.73. The number of imide groups is 1. The van der Waals surface area contributed by atoms with Crippen molar-refractivity contribution in [1.82, 2.24) is 10.2 Å². The molecule has 7 heteroatoms. The molecule has 1 aromatic carbocycles. The topological polar surface area (TPSA) is 95.6 Å². The summed E-state index contributed by atoms with van der Waals surface area (Å²) < 4.78 is 0. The molecule has 2 N–H and O–H groups in total.